The minimum absolute atomic E-state index is 0.0509. The van der Waals surface area contributed by atoms with Crippen LogP contribution in [0.15, 0.2) is 18.2 Å². The third kappa shape index (κ3) is 3.00. The van der Waals surface area contributed by atoms with E-state index in [0.717, 1.165) is 12.5 Å². The van der Waals surface area contributed by atoms with E-state index in [-0.39, 0.29) is 17.0 Å². The highest BCUT2D eigenvalue weighted by Gasteiger charge is 2.33. The van der Waals surface area contributed by atoms with Gasteiger partial charge in [0.05, 0.1) is 12.0 Å². The van der Waals surface area contributed by atoms with Gasteiger partial charge in [-0.1, -0.05) is 0 Å². The van der Waals surface area contributed by atoms with Crippen LogP contribution in [-0.4, -0.2) is 46.5 Å². The average molecular weight is 308 g/mol. The number of aliphatic carboxylic acids is 1. The van der Waals surface area contributed by atoms with E-state index in [1.165, 1.54) is 24.1 Å². The van der Waals surface area contributed by atoms with Gasteiger partial charge in [0.25, 0.3) is 5.91 Å². The van der Waals surface area contributed by atoms with Crippen LogP contribution in [-0.2, 0) is 4.79 Å². The Balaban J connectivity index is 2.34. The summed E-state index contributed by atoms with van der Waals surface area (Å²) in [4.78, 5) is 35.4. The Hall–Kier alpha value is -2.64. The molecule has 118 valence electrons. The monoisotopic (exact) mass is 308 g/mol. The van der Waals surface area contributed by atoms with Crippen molar-refractivity contribution in [2.45, 2.75) is 25.3 Å². The first-order valence-electron chi connectivity index (χ1n) is 6.82. The molecule has 0 aromatic heterocycles. The number of carbonyl (C=O) groups is 2. The Bertz CT molecular complexity index is 615. The molecule has 0 aliphatic carbocycles. The number of piperidine rings is 1. The molecule has 1 N–H and O–H groups in total. The molecule has 8 heteroatoms. The molecule has 1 amide bonds. The summed E-state index contributed by atoms with van der Waals surface area (Å²) < 4.78 is 4.89. The Kier molecular flexibility index (Phi) is 4.59. The van der Waals surface area contributed by atoms with Crippen LogP contribution in [0.2, 0.25) is 0 Å². The zero-order chi connectivity index (χ0) is 16.3. The number of nitro benzene ring substituents is 1. The molecule has 0 bridgehead atoms. The summed E-state index contributed by atoms with van der Waals surface area (Å²) >= 11 is 0. The lowest BCUT2D eigenvalue weighted by Crippen LogP contribution is -2.47. The Morgan fingerprint density at radius 2 is 2.14 bits per heavy atom. The molecule has 0 radical (unpaired) electrons. The molecule has 1 heterocycles. The standard InChI is InChI=1S/C14H16N2O6/c1-22-12-6-5-9(8-11(12)16(20)21)13(17)15-7-3-2-4-10(15)14(18)19/h5-6,8,10H,2-4,7H2,1H3,(H,18,19). The van der Waals surface area contributed by atoms with E-state index < -0.39 is 22.8 Å². The van der Waals surface area contributed by atoms with Crippen LogP contribution in [0.3, 0.4) is 0 Å². The van der Waals surface area contributed by atoms with Gasteiger partial charge in [-0.25, -0.2) is 4.79 Å². The second-order valence-corrected chi connectivity index (χ2v) is 4.99. The summed E-state index contributed by atoms with van der Waals surface area (Å²) in [7, 11) is 1.30. The maximum atomic E-state index is 12.5. The lowest BCUT2D eigenvalue weighted by Gasteiger charge is -2.33. The Labute approximate surface area is 126 Å². The Morgan fingerprint density at radius 1 is 1.41 bits per heavy atom. The molecule has 8 nitrogen and oxygen atoms in total. The lowest BCUT2D eigenvalue weighted by atomic mass is 10.0. The molecule has 1 aliphatic rings. The van der Waals surface area contributed by atoms with Crippen molar-refractivity contribution in [3.63, 3.8) is 0 Å². The van der Waals surface area contributed by atoms with E-state index in [9.17, 15) is 24.8 Å². The number of hydrogen-bond acceptors (Lipinski definition) is 5. The van der Waals surface area contributed by atoms with Crippen LogP contribution in [0.4, 0.5) is 5.69 Å². The SMILES string of the molecule is COc1ccc(C(=O)N2CCCCC2C(=O)O)cc1[N+](=O)[O-]. The summed E-state index contributed by atoms with van der Waals surface area (Å²) in [5, 5.41) is 20.2. The van der Waals surface area contributed by atoms with E-state index >= 15 is 0 Å². The van der Waals surface area contributed by atoms with Crippen molar-refractivity contribution in [2.24, 2.45) is 0 Å². The summed E-state index contributed by atoms with van der Waals surface area (Å²) in [5.74, 6) is -1.52. The molecule has 1 aromatic rings. The number of rotatable bonds is 4. The van der Waals surface area contributed by atoms with Crippen molar-refractivity contribution >= 4 is 17.6 Å². The number of methoxy groups -OCH3 is 1. The first-order chi connectivity index (χ1) is 10.5. The van der Waals surface area contributed by atoms with Gasteiger partial charge < -0.3 is 14.7 Å². The quantitative estimate of drug-likeness (QED) is 0.669. The van der Waals surface area contributed by atoms with Crippen LogP contribution >= 0.6 is 0 Å². The first-order valence-corrected chi connectivity index (χ1v) is 6.82. The van der Waals surface area contributed by atoms with E-state index in [2.05, 4.69) is 0 Å². The van der Waals surface area contributed by atoms with Crippen molar-refractivity contribution in [2.75, 3.05) is 13.7 Å². The zero-order valence-corrected chi connectivity index (χ0v) is 12.0. The molecule has 1 fully saturated rings. The normalized spacial score (nSPS) is 17.9. The highest BCUT2D eigenvalue weighted by atomic mass is 16.6. The van der Waals surface area contributed by atoms with Crippen LogP contribution in [0.1, 0.15) is 29.6 Å². The van der Waals surface area contributed by atoms with Crippen molar-refractivity contribution in [1.29, 1.82) is 0 Å². The summed E-state index contributed by atoms with van der Waals surface area (Å²) in [5.41, 5.74) is -0.238. The van der Waals surface area contributed by atoms with Crippen molar-refractivity contribution in [3.05, 3.63) is 33.9 Å². The predicted molar refractivity (Wildman–Crippen MR) is 76.0 cm³/mol. The van der Waals surface area contributed by atoms with Crippen molar-refractivity contribution in [3.8, 4) is 5.75 Å². The minimum Gasteiger partial charge on any atom is -0.490 e. The van der Waals surface area contributed by atoms with Gasteiger partial charge in [0, 0.05) is 18.2 Å². The van der Waals surface area contributed by atoms with Crippen LogP contribution in [0.5, 0.6) is 5.75 Å². The van der Waals surface area contributed by atoms with Gasteiger partial charge in [-0.3, -0.25) is 14.9 Å². The van der Waals surface area contributed by atoms with E-state index in [0.29, 0.717) is 19.4 Å². The van der Waals surface area contributed by atoms with Crippen molar-refractivity contribution in [1.82, 2.24) is 4.90 Å². The molecule has 22 heavy (non-hydrogen) atoms. The molecule has 1 aliphatic heterocycles. The minimum atomic E-state index is -1.06. The highest BCUT2D eigenvalue weighted by Crippen LogP contribution is 2.29. The molecule has 1 unspecified atom stereocenters. The number of carboxylic acid groups (broad SMARTS) is 1. The third-order valence-corrected chi connectivity index (χ3v) is 3.67. The van der Waals surface area contributed by atoms with Gasteiger partial charge in [0.15, 0.2) is 5.75 Å². The molecule has 1 aromatic carbocycles. The molecule has 1 saturated heterocycles. The number of nitrogens with zero attached hydrogens (tertiary/aromatic N) is 2. The van der Waals surface area contributed by atoms with Gasteiger partial charge in [-0.15, -0.1) is 0 Å². The first kappa shape index (κ1) is 15.7. The zero-order valence-electron chi connectivity index (χ0n) is 12.0. The van der Waals surface area contributed by atoms with E-state index in [1.807, 2.05) is 0 Å². The molecule has 2 rings (SSSR count). The molecule has 1 atom stereocenters. The van der Waals surface area contributed by atoms with E-state index in [1.54, 1.807) is 0 Å². The van der Waals surface area contributed by atoms with Gasteiger partial charge >= 0.3 is 11.7 Å². The number of ether oxygens (including phenoxy) is 1. The molecule has 0 saturated carbocycles. The maximum Gasteiger partial charge on any atom is 0.326 e. The number of hydrogen-bond donors (Lipinski definition) is 1. The van der Waals surface area contributed by atoms with Gasteiger partial charge in [0.1, 0.15) is 6.04 Å². The number of carbonyl (C=O) groups excluding carboxylic acids is 1. The number of nitro groups is 1. The molecular weight excluding hydrogens is 292 g/mol. The largest absolute Gasteiger partial charge is 0.490 e. The van der Waals surface area contributed by atoms with Crippen LogP contribution in [0, 0.1) is 10.1 Å². The second-order valence-electron chi connectivity index (χ2n) is 4.99. The van der Waals surface area contributed by atoms with Gasteiger partial charge in [0.2, 0.25) is 0 Å². The smallest absolute Gasteiger partial charge is 0.326 e. The topological polar surface area (TPSA) is 110 Å². The Morgan fingerprint density at radius 3 is 2.73 bits per heavy atom. The summed E-state index contributed by atoms with van der Waals surface area (Å²) in [6.07, 6.45) is 1.84. The lowest BCUT2D eigenvalue weighted by molar-refractivity contribution is -0.385. The fraction of sp³-hybridized carbons (Fsp3) is 0.429. The molecular formula is C14H16N2O6. The van der Waals surface area contributed by atoms with E-state index in [4.69, 9.17) is 4.74 Å². The predicted octanol–water partition coefficient (Wildman–Crippen LogP) is 1.68. The van der Waals surface area contributed by atoms with Gasteiger partial charge in [-0.2, -0.15) is 0 Å². The number of carboxylic acids is 1. The third-order valence-electron chi connectivity index (χ3n) is 3.67. The second kappa shape index (κ2) is 6.42. The van der Waals surface area contributed by atoms with Gasteiger partial charge in [-0.05, 0) is 31.4 Å². The highest BCUT2D eigenvalue weighted by molar-refractivity contribution is 5.97. The summed E-state index contributed by atoms with van der Waals surface area (Å²) in [6, 6.07) is 2.98. The molecule has 0 spiro atoms. The van der Waals surface area contributed by atoms with Crippen LogP contribution in [0.25, 0.3) is 0 Å². The number of likely N-dealkylation sites (tertiary alicyclic amines) is 1. The average Bonchev–Trinajstić information content (AvgIpc) is 2.53. The number of benzene rings is 1. The van der Waals surface area contributed by atoms with Crippen molar-refractivity contribution < 1.29 is 24.4 Å². The fourth-order valence-corrected chi connectivity index (χ4v) is 2.56. The maximum absolute atomic E-state index is 12.5. The fourth-order valence-electron chi connectivity index (χ4n) is 2.56. The number of amides is 1. The summed E-state index contributed by atoms with van der Waals surface area (Å²) in [6.45, 7) is 0.329. The van der Waals surface area contributed by atoms with Crippen LogP contribution < -0.4 is 4.74 Å².